The summed E-state index contributed by atoms with van der Waals surface area (Å²) >= 11 is 0. The Morgan fingerprint density at radius 3 is 2.65 bits per heavy atom. The van der Waals surface area contributed by atoms with Gasteiger partial charge in [0.25, 0.3) is 0 Å². The fourth-order valence-electron chi connectivity index (χ4n) is 3.96. The van der Waals surface area contributed by atoms with Gasteiger partial charge in [-0.05, 0) is 56.4 Å². The molecular weight excluding hydrogens is 310 g/mol. The molecule has 0 radical (unpaired) electrons. The Bertz CT molecular complexity index is 838. The minimum absolute atomic E-state index is 0.0202. The molecule has 0 amide bonds. The second-order valence-electron chi connectivity index (χ2n) is 6.71. The standard InChI is InChI=1S/C17H21N3O2S/c1-11-4-7-16(15-3-2-8-18-17(11)15)23(21,22)20-14-9-12-5-6-13(10-14)19-12/h2-4,7-8,12-14,19-20H,5-6,9-10H2,1H3. The maximum absolute atomic E-state index is 12.9. The van der Waals surface area contributed by atoms with Crippen molar-refractivity contribution in [2.75, 3.05) is 0 Å². The minimum Gasteiger partial charge on any atom is -0.311 e. The summed E-state index contributed by atoms with van der Waals surface area (Å²) < 4.78 is 28.7. The zero-order valence-electron chi connectivity index (χ0n) is 13.1. The van der Waals surface area contributed by atoms with Crippen molar-refractivity contribution < 1.29 is 8.42 Å². The molecule has 5 nitrogen and oxygen atoms in total. The van der Waals surface area contributed by atoms with E-state index < -0.39 is 10.0 Å². The first-order valence-electron chi connectivity index (χ1n) is 8.15. The number of piperidine rings is 1. The van der Waals surface area contributed by atoms with Crippen molar-refractivity contribution in [3.8, 4) is 0 Å². The zero-order chi connectivity index (χ0) is 16.0. The second kappa shape index (κ2) is 5.54. The van der Waals surface area contributed by atoms with E-state index in [1.807, 2.05) is 19.1 Å². The number of hydrogen-bond acceptors (Lipinski definition) is 4. The molecule has 122 valence electrons. The molecule has 2 fully saturated rings. The van der Waals surface area contributed by atoms with Gasteiger partial charge in [0.15, 0.2) is 0 Å². The van der Waals surface area contributed by atoms with E-state index in [-0.39, 0.29) is 6.04 Å². The van der Waals surface area contributed by atoms with Gasteiger partial charge in [-0.15, -0.1) is 0 Å². The van der Waals surface area contributed by atoms with Crippen LogP contribution in [0.3, 0.4) is 0 Å². The highest BCUT2D eigenvalue weighted by Crippen LogP contribution is 2.29. The van der Waals surface area contributed by atoms with Gasteiger partial charge in [0.1, 0.15) is 0 Å². The van der Waals surface area contributed by atoms with Crippen LogP contribution in [0.1, 0.15) is 31.2 Å². The molecule has 6 heteroatoms. The molecule has 1 aromatic carbocycles. The Hall–Kier alpha value is -1.50. The lowest BCUT2D eigenvalue weighted by molar-refractivity contribution is 0.345. The van der Waals surface area contributed by atoms with Crippen LogP contribution in [0.15, 0.2) is 35.4 Å². The monoisotopic (exact) mass is 331 g/mol. The van der Waals surface area contributed by atoms with Crippen LogP contribution in [-0.4, -0.2) is 31.5 Å². The third-order valence-corrected chi connectivity index (χ3v) is 6.59. The number of nitrogens with one attached hydrogen (secondary N) is 2. The van der Waals surface area contributed by atoms with Gasteiger partial charge in [-0.25, -0.2) is 13.1 Å². The SMILES string of the molecule is Cc1ccc(S(=O)(=O)NC2CC3CCC(C2)N3)c2cccnc12. The number of benzene rings is 1. The molecule has 23 heavy (non-hydrogen) atoms. The van der Waals surface area contributed by atoms with E-state index in [4.69, 9.17) is 0 Å². The summed E-state index contributed by atoms with van der Waals surface area (Å²) in [4.78, 5) is 4.66. The van der Waals surface area contributed by atoms with Crippen LogP contribution >= 0.6 is 0 Å². The van der Waals surface area contributed by atoms with Crippen LogP contribution in [0.5, 0.6) is 0 Å². The molecule has 2 atom stereocenters. The van der Waals surface area contributed by atoms with Crippen molar-refractivity contribution in [1.82, 2.24) is 15.0 Å². The largest absolute Gasteiger partial charge is 0.311 e. The van der Waals surface area contributed by atoms with Gasteiger partial charge >= 0.3 is 0 Å². The van der Waals surface area contributed by atoms with Crippen LogP contribution in [0, 0.1) is 6.92 Å². The maximum atomic E-state index is 12.9. The summed E-state index contributed by atoms with van der Waals surface area (Å²) in [7, 11) is -3.54. The summed E-state index contributed by atoms with van der Waals surface area (Å²) in [6.45, 7) is 1.95. The third-order valence-electron chi connectivity index (χ3n) is 5.02. The quantitative estimate of drug-likeness (QED) is 0.903. The Morgan fingerprint density at radius 1 is 1.17 bits per heavy atom. The number of aromatic nitrogens is 1. The summed E-state index contributed by atoms with van der Waals surface area (Å²) in [6, 6.07) is 8.07. The lowest BCUT2D eigenvalue weighted by Gasteiger charge is -2.29. The van der Waals surface area contributed by atoms with Crippen molar-refractivity contribution in [2.24, 2.45) is 0 Å². The number of fused-ring (bicyclic) bond motifs is 3. The van der Waals surface area contributed by atoms with Crippen molar-refractivity contribution in [2.45, 2.75) is 55.6 Å². The number of pyridine rings is 1. The second-order valence-corrected chi connectivity index (χ2v) is 8.39. The van der Waals surface area contributed by atoms with E-state index >= 15 is 0 Å². The zero-order valence-corrected chi connectivity index (χ0v) is 13.9. The summed E-state index contributed by atoms with van der Waals surface area (Å²) in [5.74, 6) is 0. The average Bonchev–Trinajstić information content (AvgIpc) is 2.86. The minimum atomic E-state index is -3.54. The van der Waals surface area contributed by atoms with E-state index in [1.165, 1.54) is 0 Å². The molecule has 2 aromatic rings. The van der Waals surface area contributed by atoms with Crippen molar-refractivity contribution in [3.63, 3.8) is 0 Å². The number of sulfonamides is 1. The highest BCUT2D eigenvalue weighted by atomic mass is 32.2. The fourth-order valence-corrected chi connectivity index (χ4v) is 5.42. The highest BCUT2D eigenvalue weighted by molar-refractivity contribution is 7.89. The Labute approximate surface area is 136 Å². The molecule has 3 heterocycles. The Kier molecular flexibility index (Phi) is 3.63. The molecule has 2 bridgehead atoms. The van der Waals surface area contributed by atoms with E-state index in [1.54, 1.807) is 18.3 Å². The van der Waals surface area contributed by atoms with Crippen LogP contribution in [-0.2, 0) is 10.0 Å². The third kappa shape index (κ3) is 2.75. The lowest BCUT2D eigenvalue weighted by atomic mass is 10.0. The molecule has 2 N–H and O–H groups in total. The first kappa shape index (κ1) is 15.1. The average molecular weight is 331 g/mol. The summed E-state index contributed by atoms with van der Waals surface area (Å²) in [5.41, 5.74) is 1.74. The predicted octanol–water partition coefficient (Wildman–Crippen LogP) is 2.10. The predicted molar refractivity (Wildman–Crippen MR) is 89.8 cm³/mol. The van der Waals surface area contributed by atoms with Crippen molar-refractivity contribution in [1.29, 1.82) is 0 Å². The molecule has 2 saturated heterocycles. The van der Waals surface area contributed by atoms with Gasteiger partial charge in [-0.2, -0.15) is 0 Å². The van der Waals surface area contributed by atoms with E-state index in [2.05, 4.69) is 15.0 Å². The molecule has 0 spiro atoms. The van der Waals surface area contributed by atoms with E-state index in [0.717, 1.165) is 36.8 Å². The Balaban J connectivity index is 1.68. The van der Waals surface area contributed by atoms with Gasteiger partial charge in [-0.1, -0.05) is 6.07 Å². The number of nitrogens with zero attached hydrogens (tertiary/aromatic N) is 1. The normalized spacial score (nSPS) is 27.4. The molecule has 1 aromatic heterocycles. The highest BCUT2D eigenvalue weighted by Gasteiger charge is 2.35. The lowest BCUT2D eigenvalue weighted by Crippen LogP contribution is -2.47. The van der Waals surface area contributed by atoms with E-state index in [9.17, 15) is 8.42 Å². The smallest absolute Gasteiger partial charge is 0.241 e. The topological polar surface area (TPSA) is 71.1 Å². The van der Waals surface area contributed by atoms with Gasteiger partial charge in [0, 0.05) is 29.7 Å². The van der Waals surface area contributed by atoms with Gasteiger partial charge in [0.2, 0.25) is 10.0 Å². The summed E-state index contributed by atoms with van der Waals surface area (Å²) in [5, 5.41) is 4.23. The molecule has 2 aliphatic rings. The van der Waals surface area contributed by atoms with Crippen molar-refractivity contribution in [3.05, 3.63) is 36.0 Å². The van der Waals surface area contributed by atoms with Crippen LogP contribution in [0.4, 0.5) is 0 Å². The fraction of sp³-hybridized carbons (Fsp3) is 0.471. The van der Waals surface area contributed by atoms with Gasteiger partial charge < -0.3 is 5.32 Å². The van der Waals surface area contributed by atoms with Crippen LogP contribution < -0.4 is 10.0 Å². The molecule has 0 aliphatic carbocycles. The number of hydrogen-bond donors (Lipinski definition) is 2. The van der Waals surface area contributed by atoms with Gasteiger partial charge in [0.05, 0.1) is 10.4 Å². The molecular formula is C17H21N3O2S. The Morgan fingerprint density at radius 2 is 1.91 bits per heavy atom. The van der Waals surface area contributed by atoms with Crippen LogP contribution in [0.2, 0.25) is 0 Å². The summed E-state index contributed by atoms with van der Waals surface area (Å²) in [6.07, 6.45) is 5.75. The molecule has 4 rings (SSSR count). The van der Waals surface area contributed by atoms with Crippen LogP contribution in [0.25, 0.3) is 10.9 Å². The van der Waals surface area contributed by atoms with Gasteiger partial charge in [-0.3, -0.25) is 4.98 Å². The molecule has 0 saturated carbocycles. The first-order valence-corrected chi connectivity index (χ1v) is 9.64. The molecule has 2 unspecified atom stereocenters. The van der Waals surface area contributed by atoms with E-state index in [0.29, 0.717) is 22.4 Å². The maximum Gasteiger partial charge on any atom is 0.241 e. The molecule has 2 aliphatic heterocycles. The first-order chi connectivity index (χ1) is 11.0. The van der Waals surface area contributed by atoms with Crippen molar-refractivity contribution >= 4 is 20.9 Å². The number of aryl methyl sites for hydroxylation is 1. The number of rotatable bonds is 3.